The highest BCUT2D eigenvalue weighted by atomic mass is 16.6. The Balaban J connectivity index is 1.21. The standard InChI is InChI=1S/C30H37N7O4/c1-20-16-21(27(38)37-19-23-18-32-34(5)26(23)33-24-8-6-7-9-25(24)37)10-11-22(20)17-31-28(39)35-12-14-36(15-13-35)29(40)41-30(2,3)4/h6-11,16,18,33H,12-15,17,19H2,1-5H3,(H,31,39). The zero-order valence-corrected chi connectivity index (χ0v) is 24.2. The summed E-state index contributed by atoms with van der Waals surface area (Å²) in [5.74, 6) is 0.749. The maximum absolute atomic E-state index is 13.8. The zero-order valence-electron chi connectivity index (χ0n) is 24.2. The second-order valence-electron chi connectivity index (χ2n) is 11.4. The molecule has 0 aliphatic carbocycles. The fourth-order valence-corrected chi connectivity index (χ4v) is 5.02. The average Bonchev–Trinajstić information content (AvgIpc) is 3.18. The van der Waals surface area contributed by atoms with Crippen molar-refractivity contribution in [1.29, 1.82) is 0 Å². The molecule has 2 aromatic carbocycles. The van der Waals surface area contributed by atoms with E-state index in [2.05, 4.69) is 15.7 Å². The number of hydrogen-bond acceptors (Lipinski definition) is 6. The molecule has 0 saturated carbocycles. The van der Waals surface area contributed by atoms with Gasteiger partial charge < -0.3 is 30.1 Å². The molecule has 11 nitrogen and oxygen atoms in total. The van der Waals surface area contributed by atoms with E-state index in [4.69, 9.17) is 4.74 Å². The number of aryl methyl sites for hydroxylation is 2. The van der Waals surface area contributed by atoms with E-state index in [1.165, 1.54) is 0 Å². The molecule has 0 spiro atoms. The molecule has 41 heavy (non-hydrogen) atoms. The molecule has 216 valence electrons. The molecule has 1 aromatic heterocycles. The van der Waals surface area contributed by atoms with Gasteiger partial charge in [-0.25, -0.2) is 9.59 Å². The van der Waals surface area contributed by atoms with E-state index in [0.717, 1.165) is 33.9 Å². The van der Waals surface area contributed by atoms with Crippen molar-refractivity contribution in [1.82, 2.24) is 24.9 Å². The molecule has 0 unspecified atom stereocenters. The minimum atomic E-state index is -0.554. The molecule has 2 aliphatic rings. The van der Waals surface area contributed by atoms with Crippen LogP contribution in [0.3, 0.4) is 0 Å². The van der Waals surface area contributed by atoms with Crippen LogP contribution in [0.15, 0.2) is 48.7 Å². The lowest BCUT2D eigenvalue weighted by atomic mass is 10.0. The van der Waals surface area contributed by atoms with E-state index >= 15 is 0 Å². The van der Waals surface area contributed by atoms with Gasteiger partial charge in [-0.05, 0) is 63.1 Å². The number of para-hydroxylation sites is 2. The van der Waals surface area contributed by atoms with Crippen molar-refractivity contribution < 1.29 is 19.1 Å². The molecule has 0 radical (unpaired) electrons. The largest absolute Gasteiger partial charge is 0.444 e. The Labute approximate surface area is 240 Å². The lowest BCUT2D eigenvalue weighted by molar-refractivity contribution is 0.0170. The number of benzene rings is 2. The van der Waals surface area contributed by atoms with Gasteiger partial charge in [0.2, 0.25) is 0 Å². The van der Waals surface area contributed by atoms with Crippen LogP contribution >= 0.6 is 0 Å². The fraction of sp³-hybridized carbons (Fsp3) is 0.400. The molecular weight excluding hydrogens is 522 g/mol. The van der Waals surface area contributed by atoms with Gasteiger partial charge in [0.25, 0.3) is 5.91 Å². The van der Waals surface area contributed by atoms with Crippen LogP contribution in [0, 0.1) is 6.92 Å². The molecule has 0 atom stereocenters. The Bertz CT molecular complexity index is 1470. The maximum atomic E-state index is 13.8. The van der Waals surface area contributed by atoms with Crippen LogP contribution in [0.2, 0.25) is 0 Å². The zero-order chi connectivity index (χ0) is 29.3. The second-order valence-corrected chi connectivity index (χ2v) is 11.4. The number of carbonyl (C=O) groups is 3. The van der Waals surface area contributed by atoms with Crippen molar-refractivity contribution in [3.63, 3.8) is 0 Å². The number of carbonyl (C=O) groups excluding carboxylic acids is 3. The Morgan fingerprint density at radius 1 is 1.02 bits per heavy atom. The van der Waals surface area contributed by atoms with Crippen LogP contribution in [0.1, 0.15) is 47.8 Å². The Morgan fingerprint density at radius 3 is 2.44 bits per heavy atom. The monoisotopic (exact) mass is 559 g/mol. The molecule has 0 bridgehead atoms. The molecule has 2 aliphatic heterocycles. The van der Waals surface area contributed by atoms with Crippen LogP contribution in [-0.4, -0.2) is 69.4 Å². The summed E-state index contributed by atoms with van der Waals surface area (Å²) in [7, 11) is 1.87. The van der Waals surface area contributed by atoms with Gasteiger partial charge in [-0.1, -0.05) is 18.2 Å². The number of amides is 4. The Morgan fingerprint density at radius 2 is 1.73 bits per heavy atom. The van der Waals surface area contributed by atoms with Crippen LogP contribution in [0.5, 0.6) is 0 Å². The minimum absolute atomic E-state index is 0.113. The summed E-state index contributed by atoms with van der Waals surface area (Å²) in [4.78, 5) is 44.0. The Hall–Kier alpha value is -4.54. The van der Waals surface area contributed by atoms with Gasteiger partial charge in [-0.15, -0.1) is 0 Å². The predicted octanol–water partition coefficient (Wildman–Crippen LogP) is 4.39. The van der Waals surface area contributed by atoms with E-state index in [0.29, 0.717) is 44.8 Å². The number of rotatable bonds is 3. The summed E-state index contributed by atoms with van der Waals surface area (Å²) >= 11 is 0. The van der Waals surface area contributed by atoms with Crippen molar-refractivity contribution in [2.45, 2.75) is 46.4 Å². The first-order valence-electron chi connectivity index (χ1n) is 13.8. The minimum Gasteiger partial charge on any atom is -0.444 e. The SMILES string of the molecule is Cc1cc(C(=O)N2Cc3cnn(C)c3Nc3ccccc32)ccc1CNC(=O)N1CCN(C(=O)OC(C)(C)C)CC1. The van der Waals surface area contributed by atoms with Crippen molar-refractivity contribution in [3.8, 4) is 0 Å². The molecule has 1 saturated heterocycles. The number of nitrogens with zero attached hydrogens (tertiary/aromatic N) is 5. The van der Waals surface area contributed by atoms with Crippen LogP contribution in [0.4, 0.5) is 26.8 Å². The summed E-state index contributed by atoms with van der Waals surface area (Å²) < 4.78 is 7.20. The lowest BCUT2D eigenvalue weighted by Crippen LogP contribution is -2.53. The first-order valence-corrected chi connectivity index (χ1v) is 13.8. The van der Waals surface area contributed by atoms with Crippen LogP contribution in [-0.2, 0) is 24.9 Å². The van der Waals surface area contributed by atoms with Crippen LogP contribution < -0.4 is 15.5 Å². The highest BCUT2D eigenvalue weighted by molar-refractivity contribution is 6.08. The van der Waals surface area contributed by atoms with E-state index < -0.39 is 5.60 Å². The maximum Gasteiger partial charge on any atom is 0.410 e. The number of piperazine rings is 1. The first-order chi connectivity index (χ1) is 19.5. The van der Waals surface area contributed by atoms with Gasteiger partial charge in [0.15, 0.2) is 0 Å². The molecule has 2 N–H and O–H groups in total. The van der Waals surface area contributed by atoms with E-state index in [-0.39, 0.29) is 18.0 Å². The smallest absolute Gasteiger partial charge is 0.410 e. The molecule has 3 heterocycles. The number of urea groups is 1. The van der Waals surface area contributed by atoms with Gasteiger partial charge in [-0.2, -0.15) is 5.10 Å². The molecular formula is C30H37N7O4. The van der Waals surface area contributed by atoms with Gasteiger partial charge >= 0.3 is 12.1 Å². The van der Waals surface area contributed by atoms with Crippen molar-refractivity contribution >= 4 is 35.2 Å². The highest BCUT2D eigenvalue weighted by Gasteiger charge is 2.29. The summed E-state index contributed by atoms with van der Waals surface area (Å²) in [6.45, 7) is 9.89. The third-order valence-electron chi connectivity index (χ3n) is 7.27. The van der Waals surface area contributed by atoms with Gasteiger partial charge in [0.1, 0.15) is 11.4 Å². The molecule has 4 amide bonds. The normalized spacial score (nSPS) is 14.9. The average molecular weight is 560 g/mol. The molecule has 11 heteroatoms. The quantitative estimate of drug-likeness (QED) is 0.492. The summed E-state index contributed by atoms with van der Waals surface area (Å²) in [5.41, 5.74) is 4.42. The van der Waals surface area contributed by atoms with Gasteiger partial charge in [0.05, 0.1) is 24.1 Å². The summed E-state index contributed by atoms with van der Waals surface area (Å²) in [5, 5.41) is 10.7. The second kappa shape index (κ2) is 11.1. The summed E-state index contributed by atoms with van der Waals surface area (Å²) in [6.07, 6.45) is 1.42. The topological polar surface area (TPSA) is 112 Å². The van der Waals surface area contributed by atoms with E-state index in [9.17, 15) is 14.4 Å². The molecule has 1 fully saturated rings. The number of ether oxygens (including phenoxy) is 1. The number of aromatic nitrogens is 2. The van der Waals surface area contributed by atoms with Gasteiger partial charge in [0, 0.05) is 50.9 Å². The number of hydrogen-bond donors (Lipinski definition) is 2. The lowest BCUT2D eigenvalue weighted by Gasteiger charge is -2.35. The van der Waals surface area contributed by atoms with Crippen molar-refractivity contribution in [3.05, 3.63) is 70.9 Å². The fourth-order valence-electron chi connectivity index (χ4n) is 5.02. The third kappa shape index (κ3) is 6.13. The van der Waals surface area contributed by atoms with Crippen molar-refractivity contribution in [2.24, 2.45) is 7.05 Å². The summed E-state index contributed by atoms with van der Waals surface area (Å²) in [6, 6.07) is 13.1. The van der Waals surface area contributed by atoms with Crippen molar-refractivity contribution in [2.75, 3.05) is 36.4 Å². The molecule has 5 rings (SSSR count). The number of nitrogens with one attached hydrogen (secondary N) is 2. The highest BCUT2D eigenvalue weighted by Crippen LogP contribution is 2.36. The molecule has 3 aromatic rings. The predicted molar refractivity (Wildman–Crippen MR) is 156 cm³/mol. The van der Waals surface area contributed by atoms with E-state index in [1.807, 2.05) is 77.2 Å². The Kier molecular flexibility index (Phi) is 7.61. The van der Waals surface area contributed by atoms with E-state index in [1.54, 1.807) is 25.6 Å². The number of fused-ring (bicyclic) bond motifs is 2. The first kappa shape index (κ1) is 28.0. The van der Waals surface area contributed by atoms with Crippen LogP contribution in [0.25, 0.3) is 0 Å². The third-order valence-corrected chi connectivity index (χ3v) is 7.27. The number of anilines is 3. The van der Waals surface area contributed by atoms with Gasteiger partial charge in [-0.3, -0.25) is 9.48 Å².